The predicted octanol–water partition coefficient (Wildman–Crippen LogP) is 2.02. The first-order valence-electron chi connectivity index (χ1n) is 9.13. The van der Waals surface area contributed by atoms with Crippen LogP contribution >= 0.6 is 0 Å². The maximum Gasteiger partial charge on any atom is 0.331 e. The van der Waals surface area contributed by atoms with Gasteiger partial charge in [-0.1, -0.05) is 38.3 Å². The highest BCUT2D eigenvalue weighted by Crippen LogP contribution is 2.17. The van der Waals surface area contributed by atoms with Gasteiger partial charge in [-0.05, 0) is 31.4 Å². The Hall–Kier alpha value is -2.37. The van der Waals surface area contributed by atoms with Crippen LogP contribution in [0.2, 0.25) is 0 Å². The molecule has 0 unspecified atom stereocenters. The van der Waals surface area contributed by atoms with Crippen molar-refractivity contribution >= 4 is 16.8 Å². The zero-order chi connectivity index (χ0) is 17.8. The number of hydrogen-bond acceptors (Lipinski definition) is 3. The van der Waals surface area contributed by atoms with Crippen LogP contribution in [-0.4, -0.2) is 21.1 Å². The molecule has 25 heavy (non-hydrogen) atoms. The molecule has 6 heteroatoms. The van der Waals surface area contributed by atoms with Crippen molar-refractivity contribution in [3.8, 4) is 0 Å². The molecule has 0 bridgehead atoms. The molecular formula is C19H25N3O3. The van der Waals surface area contributed by atoms with E-state index in [1.54, 1.807) is 24.3 Å². The number of amides is 1. The molecule has 6 nitrogen and oxygen atoms in total. The van der Waals surface area contributed by atoms with E-state index in [4.69, 9.17) is 0 Å². The van der Waals surface area contributed by atoms with Crippen molar-refractivity contribution in [2.75, 3.05) is 0 Å². The van der Waals surface area contributed by atoms with E-state index in [-0.39, 0.29) is 24.1 Å². The highest BCUT2D eigenvalue weighted by Gasteiger charge is 2.18. The van der Waals surface area contributed by atoms with Crippen molar-refractivity contribution in [2.24, 2.45) is 0 Å². The van der Waals surface area contributed by atoms with Crippen LogP contribution in [0, 0.1) is 0 Å². The van der Waals surface area contributed by atoms with Gasteiger partial charge in [-0.3, -0.25) is 18.7 Å². The summed E-state index contributed by atoms with van der Waals surface area (Å²) >= 11 is 0. The highest BCUT2D eigenvalue weighted by molar-refractivity contribution is 5.81. The fourth-order valence-electron chi connectivity index (χ4n) is 3.61. The SMILES string of the molecule is CCCn1c(=O)c2ccccc2n(CC(=O)NC2CCCCC2)c1=O. The molecule has 1 aliphatic carbocycles. The van der Waals surface area contributed by atoms with Crippen molar-refractivity contribution in [3.05, 3.63) is 45.1 Å². The average molecular weight is 343 g/mol. The van der Waals surface area contributed by atoms with Crippen LogP contribution in [0.1, 0.15) is 45.4 Å². The van der Waals surface area contributed by atoms with Crippen LogP contribution in [0.3, 0.4) is 0 Å². The maximum atomic E-state index is 12.8. The summed E-state index contributed by atoms with van der Waals surface area (Å²) in [4.78, 5) is 37.8. The van der Waals surface area contributed by atoms with Gasteiger partial charge in [0, 0.05) is 12.6 Å². The largest absolute Gasteiger partial charge is 0.352 e. The second-order valence-electron chi connectivity index (χ2n) is 6.75. The van der Waals surface area contributed by atoms with Gasteiger partial charge < -0.3 is 5.32 Å². The fourth-order valence-corrected chi connectivity index (χ4v) is 3.61. The van der Waals surface area contributed by atoms with E-state index in [0.29, 0.717) is 23.9 Å². The monoisotopic (exact) mass is 343 g/mol. The Morgan fingerprint density at radius 3 is 2.56 bits per heavy atom. The van der Waals surface area contributed by atoms with E-state index in [0.717, 1.165) is 25.7 Å². The number of benzene rings is 1. The van der Waals surface area contributed by atoms with E-state index in [1.807, 2.05) is 6.92 Å². The van der Waals surface area contributed by atoms with Crippen LogP contribution in [0.25, 0.3) is 10.9 Å². The Kier molecular flexibility index (Phi) is 5.36. The number of para-hydroxylation sites is 1. The van der Waals surface area contributed by atoms with Crippen molar-refractivity contribution in [3.63, 3.8) is 0 Å². The second kappa shape index (κ2) is 7.68. The number of rotatable bonds is 5. The molecule has 0 atom stereocenters. The predicted molar refractivity (Wildman–Crippen MR) is 97.8 cm³/mol. The van der Waals surface area contributed by atoms with Crippen molar-refractivity contribution < 1.29 is 4.79 Å². The fraction of sp³-hybridized carbons (Fsp3) is 0.526. The van der Waals surface area contributed by atoms with Crippen LogP contribution in [-0.2, 0) is 17.9 Å². The standard InChI is InChI=1S/C19H25N3O3/c1-2-12-21-18(24)15-10-6-7-11-16(15)22(19(21)25)13-17(23)20-14-8-4-3-5-9-14/h6-7,10-11,14H,2-5,8-9,12-13H2,1H3,(H,20,23). The van der Waals surface area contributed by atoms with E-state index in [9.17, 15) is 14.4 Å². The van der Waals surface area contributed by atoms with E-state index < -0.39 is 5.69 Å². The molecule has 1 aliphatic rings. The minimum atomic E-state index is -0.413. The summed E-state index contributed by atoms with van der Waals surface area (Å²) in [5.41, 5.74) is -0.181. The Morgan fingerprint density at radius 1 is 1.12 bits per heavy atom. The number of hydrogen-bond donors (Lipinski definition) is 1. The minimum Gasteiger partial charge on any atom is -0.352 e. The van der Waals surface area contributed by atoms with Crippen LogP contribution in [0.5, 0.6) is 0 Å². The van der Waals surface area contributed by atoms with Gasteiger partial charge in [0.15, 0.2) is 0 Å². The highest BCUT2D eigenvalue weighted by atomic mass is 16.2. The number of fused-ring (bicyclic) bond motifs is 1. The van der Waals surface area contributed by atoms with Gasteiger partial charge in [0.05, 0.1) is 10.9 Å². The molecule has 1 amide bonds. The summed E-state index contributed by atoms with van der Waals surface area (Å²) in [7, 11) is 0. The molecule has 0 spiro atoms. The van der Waals surface area contributed by atoms with Crippen LogP contribution in [0.4, 0.5) is 0 Å². The number of carbonyl (C=O) groups is 1. The maximum absolute atomic E-state index is 12.8. The summed E-state index contributed by atoms with van der Waals surface area (Å²) in [5.74, 6) is -0.166. The van der Waals surface area contributed by atoms with Gasteiger partial charge in [0.1, 0.15) is 6.54 Å². The third-order valence-electron chi connectivity index (χ3n) is 4.85. The molecular weight excluding hydrogens is 318 g/mol. The number of aromatic nitrogens is 2. The summed E-state index contributed by atoms with van der Waals surface area (Å²) in [6, 6.07) is 7.18. The Labute approximate surface area is 146 Å². The third-order valence-corrected chi connectivity index (χ3v) is 4.85. The molecule has 1 N–H and O–H groups in total. The first-order valence-corrected chi connectivity index (χ1v) is 9.13. The first-order chi connectivity index (χ1) is 12.1. The Morgan fingerprint density at radius 2 is 1.84 bits per heavy atom. The van der Waals surface area contributed by atoms with Gasteiger partial charge in [0.2, 0.25) is 5.91 Å². The molecule has 3 rings (SSSR count). The second-order valence-corrected chi connectivity index (χ2v) is 6.75. The smallest absolute Gasteiger partial charge is 0.331 e. The molecule has 1 saturated carbocycles. The molecule has 134 valence electrons. The Bertz CT molecular complexity index is 876. The van der Waals surface area contributed by atoms with Crippen LogP contribution in [0.15, 0.2) is 33.9 Å². The van der Waals surface area contributed by atoms with E-state index in [1.165, 1.54) is 15.6 Å². The summed E-state index contributed by atoms with van der Waals surface area (Å²) in [5, 5.41) is 3.51. The molecule has 0 aliphatic heterocycles. The minimum absolute atomic E-state index is 0.0557. The zero-order valence-corrected chi connectivity index (χ0v) is 14.7. The molecule has 1 aromatic carbocycles. The molecule has 1 heterocycles. The van der Waals surface area contributed by atoms with E-state index in [2.05, 4.69) is 5.32 Å². The molecule has 0 radical (unpaired) electrons. The average Bonchev–Trinajstić information content (AvgIpc) is 2.63. The van der Waals surface area contributed by atoms with Gasteiger partial charge in [-0.15, -0.1) is 0 Å². The quantitative estimate of drug-likeness (QED) is 0.903. The lowest BCUT2D eigenvalue weighted by molar-refractivity contribution is -0.122. The van der Waals surface area contributed by atoms with Crippen molar-refractivity contribution in [1.82, 2.24) is 14.5 Å². The first kappa shape index (κ1) is 17.5. The van der Waals surface area contributed by atoms with Gasteiger partial charge >= 0.3 is 5.69 Å². The van der Waals surface area contributed by atoms with Crippen LogP contribution < -0.4 is 16.6 Å². The zero-order valence-electron chi connectivity index (χ0n) is 14.7. The topological polar surface area (TPSA) is 73.1 Å². The lowest BCUT2D eigenvalue weighted by Gasteiger charge is -2.23. The summed E-state index contributed by atoms with van der Waals surface area (Å²) in [6.07, 6.45) is 6.16. The number of carbonyl (C=O) groups excluding carboxylic acids is 1. The van der Waals surface area contributed by atoms with Gasteiger partial charge in [-0.2, -0.15) is 0 Å². The van der Waals surface area contributed by atoms with Gasteiger partial charge in [-0.25, -0.2) is 4.79 Å². The van der Waals surface area contributed by atoms with Gasteiger partial charge in [0.25, 0.3) is 5.56 Å². The molecule has 2 aromatic rings. The number of nitrogens with zero attached hydrogens (tertiary/aromatic N) is 2. The summed E-state index contributed by atoms with van der Waals surface area (Å²) in [6.45, 7) is 2.22. The lowest BCUT2D eigenvalue weighted by atomic mass is 9.95. The molecule has 1 aromatic heterocycles. The molecule has 0 saturated heterocycles. The lowest BCUT2D eigenvalue weighted by Crippen LogP contribution is -2.44. The normalized spacial score (nSPS) is 15.4. The van der Waals surface area contributed by atoms with E-state index >= 15 is 0 Å². The number of nitrogens with one attached hydrogen (secondary N) is 1. The van der Waals surface area contributed by atoms with Crippen molar-refractivity contribution in [2.45, 2.75) is 64.6 Å². The Balaban J connectivity index is 1.95. The van der Waals surface area contributed by atoms with Crippen molar-refractivity contribution in [1.29, 1.82) is 0 Å². The summed E-state index contributed by atoms with van der Waals surface area (Å²) < 4.78 is 2.65. The third kappa shape index (κ3) is 3.67. The molecule has 1 fully saturated rings.